The second kappa shape index (κ2) is 11.8. The van der Waals surface area contributed by atoms with Crippen LogP contribution >= 0.6 is 0 Å². The molecule has 28 heavy (non-hydrogen) atoms. The summed E-state index contributed by atoms with van der Waals surface area (Å²) in [6.45, 7) is 5.22. The fourth-order valence-electron chi connectivity index (χ4n) is 3.47. The molecule has 0 heterocycles. The standard InChI is InChI=1S/C23H32O5/c1-17(2)14-21-19(11-12-22(21)24)20-10-7-9-18(23(20)28-16-26-4)8-5-6-13-27-15-25-3/h7,9-12,14,19,21H,5-6,8,13,15-16H2,1-4H3/t19-,21-/m1/s1. The average molecular weight is 389 g/mol. The Hall–Kier alpha value is -1.95. The first-order valence-corrected chi connectivity index (χ1v) is 9.75. The summed E-state index contributed by atoms with van der Waals surface area (Å²) in [7, 11) is 3.23. The van der Waals surface area contributed by atoms with E-state index in [0.717, 1.165) is 41.7 Å². The molecule has 1 aromatic rings. The summed E-state index contributed by atoms with van der Waals surface area (Å²) < 4.78 is 21.4. The van der Waals surface area contributed by atoms with Gasteiger partial charge in [-0.05, 0) is 44.7 Å². The summed E-state index contributed by atoms with van der Waals surface area (Å²) in [6.07, 6.45) is 8.53. The number of hydrogen-bond donors (Lipinski definition) is 0. The molecule has 0 amide bonds. The quantitative estimate of drug-likeness (QED) is 0.301. The van der Waals surface area contributed by atoms with Crippen LogP contribution in [0.15, 0.2) is 42.0 Å². The number of hydrogen-bond acceptors (Lipinski definition) is 5. The Bertz CT molecular complexity index is 688. The van der Waals surface area contributed by atoms with Crippen molar-refractivity contribution in [3.05, 3.63) is 53.1 Å². The number of benzene rings is 1. The SMILES string of the molecule is COCOCCCCc1cccc([C@H]2C=CC(=O)[C@@H]2C=C(C)C)c1OCOC. The summed E-state index contributed by atoms with van der Waals surface area (Å²) in [5.74, 6) is 0.787. The zero-order valence-corrected chi connectivity index (χ0v) is 17.4. The zero-order valence-electron chi connectivity index (χ0n) is 17.4. The van der Waals surface area contributed by atoms with Gasteiger partial charge in [-0.1, -0.05) is 35.9 Å². The lowest BCUT2D eigenvalue weighted by atomic mass is 9.85. The number of ketones is 1. The second-order valence-corrected chi connectivity index (χ2v) is 7.22. The Labute approximate surface area is 168 Å². The first-order valence-electron chi connectivity index (χ1n) is 9.75. The van der Waals surface area contributed by atoms with Gasteiger partial charge >= 0.3 is 0 Å². The van der Waals surface area contributed by atoms with Gasteiger partial charge in [-0.2, -0.15) is 0 Å². The van der Waals surface area contributed by atoms with E-state index in [0.29, 0.717) is 13.4 Å². The highest BCUT2D eigenvalue weighted by Gasteiger charge is 2.32. The van der Waals surface area contributed by atoms with Crippen molar-refractivity contribution in [2.45, 2.75) is 39.0 Å². The van der Waals surface area contributed by atoms with E-state index in [-0.39, 0.29) is 24.4 Å². The first kappa shape index (κ1) is 22.3. The Balaban J connectivity index is 2.20. The van der Waals surface area contributed by atoms with Crippen molar-refractivity contribution in [3.8, 4) is 5.75 Å². The molecule has 1 aliphatic carbocycles. The van der Waals surface area contributed by atoms with Crippen LogP contribution in [0.1, 0.15) is 43.7 Å². The van der Waals surface area contributed by atoms with Gasteiger partial charge in [0.15, 0.2) is 12.6 Å². The highest BCUT2D eigenvalue weighted by atomic mass is 16.7. The van der Waals surface area contributed by atoms with E-state index in [1.807, 2.05) is 32.1 Å². The van der Waals surface area contributed by atoms with E-state index in [1.165, 1.54) is 0 Å². The van der Waals surface area contributed by atoms with Gasteiger partial charge in [-0.3, -0.25) is 4.79 Å². The summed E-state index contributed by atoms with van der Waals surface area (Å²) in [6, 6.07) is 6.18. The molecular weight excluding hydrogens is 356 g/mol. The predicted molar refractivity (Wildman–Crippen MR) is 110 cm³/mol. The number of carbonyl (C=O) groups is 1. The second-order valence-electron chi connectivity index (χ2n) is 7.22. The van der Waals surface area contributed by atoms with Crippen LogP contribution in [0.3, 0.4) is 0 Å². The molecule has 0 unspecified atom stereocenters. The maximum atomic E-state index is 12.4. The number of rotatable bonds is 12. The van der Waals surface area contributed by atoms with Crippen LogP contribution in [0.2, 0.25) is 0 Å². The van der Waals surface area contributed by atoms with Gasteiger partial charge in [0.25, 0.3) is 0 Å². The number of carbonyl (C=O) groups excluding carboxylic acids is 1. The largest absolute Gasteiger partial charge is 0.467 e. The van der Waals surface area contributed by atoms with Crippen molar-refractivity contribution >= 4 is 5.78 Å². The Kier molecular flexibility index (Phi) is 9.41. The van der Waals surface area contributed by atoms with Crippen LogP contribution in [0.4, 0.5) is 0 Å². The van der Waals surface area contributed by atoms with Crippen LogP contribution < -0.4 is 4.74 Å². The van der Waals surface area contributed by atoms with Crippen molar-refractivity contribution < 1.29 is 23.7 Å². The maximum absolute atomic E-state index is 12.4. The van der Waals surface area contributed by atoms with Gasteiger partial charge in [-0.15, -0.1) is 0 Å². The van der Waals surface area contributed by atoms with E-state index in [9.17, 15) is 4.79 Å². The van der Waals surface area contributed by atoms with Crippen LogP contribution in [0.5, 0.6) is 5.75 Å². The Morgan fingerprint density at radius 3 is 2.61 bits per heavy atom. The van der Waals surface area contributed by atoms with Gasteiger partial charge in [0.2, 0.25) is 0 Å². The molecule has 0 saturated heterocycles. The minimum absolute atomic E-state index is 0.0146. The lowest BCUT2D eigenvalue weighted by molar-refractivity contribution is -0.116. The molecule has 0 N–H and O–H groups in total. The molecule has 1 aliphatic rings. The third-order valence-electron chi connectivity index (χ3n) is 4.69. The lowest BCUT2D eigenvalue weighted by Crippen LogP contribution is -2.15. The van der Waals surface area contributed by atoms with Crippen LogP contribution in [-0.4, -0.2) is 40.2 Å². The number of aryl methyl sites for hydroxylation is 1. The number of methoxy groups -OCH3 is 2. The number of allylic oxidation sites excluding steroid dienone is 4. The summed E-state index contributed by atoms with van der Waals surface area (Å²) in [5.41, 5.74) is 3.30. The van der Waals surface area contributed by atoms with E-state index in [2.05, 4.69) is 12.1 Å². The van der Waals surface area contributed by atoms with Gasteiger partial charge in [0.05, 0.1) is 5.92 Å². The molecule has 0 saturated carbocycles. The van der Waals surface area contributed by atoms with Crippen molar-refractivity contribution in [1.82, 2.24) is 0 Å². The fraction of sp³-hybridized carbons (Fsp3) is 0.522. The molecule has 0 aliphatic heterocycles. The topological polar surface area (TPSA) is 54.0 Å². The molecular formula is C23H32O5. The Morgan fingerprint density at radius 1 is 1.11 bits per heavy atom. The molecule has 1 aromatic carbocycles. The zero-order chi connectivity index (χ0) is 20.4. The summed E-state index contributed by atoms with van der Waals surface area (Å²) >= 11 is 0. The van der Waals surface area contributed by atoms with E-state index in [4.69, 9.17) is 18.9 Å². The van der Waals surface area contributed by atoms with Crippen molar-refractivity contribution in [2.24, 2.45) is 5.92 Å². The van der Waals surface area contributed by atoms with Crippen LogP contribution in [0, 0.1) is 5.92 Å². The molecule has 0 bridgehead atoms. The number of unbranched alkanes of at least 4 members (excludes halogenated alkanes) is 1. The van der Waals surface area contributed by atoms with Gasteiger partial charge in [-0.25, -0.2) is 0 Å². The first-order chi connectivity index (χ1) is 13.6. The molecule has 0 radical (unpaired) electrons. The highest BCUT2D eigenvalue weighted by Crippen LogP contribution is 2.40. The molecule has 0 fully saturated rings. The summed E-state index contributed by atoms with van der Waals surface area (Å²) in [5, 5.41) is 0. The highest BCUT2D eigenvalue weighted by molar-refractivity contribution is 5.97. The molecule has 5 nitrogen and oxygen atoms in total. The van der Waals surface area contributed by atoms with E-state index >= 15 is 0 Å². The Morgan fingerprint density at radius 2 is 1.89 bits per heavy atom. The average Bonchev–Trinajstić information content (AvgIpc) is 3.03. The van der Waals surface area contributed by atoms with Crippen molar-refractivity contribution in [2.75, 3.05) is 34.4 Å². The predicted octanol–water partition coefficient (Wildman–Crippen LogP) is 4.42. The van der Waals surface area contributed by atoms with Gasteiger partial charge in [0.1, 0.15) is 12.5 Å². The molecule has 0 spiro atoms. The number of para-hydroxylation sites is 1. The monoisotopic (exact) mass is 388 g/mol. The summed E-state index contributed by atoms with van der Waals surface area (Å²) in [4.78, 5) is 12.4. The molecule has 0 aromatic heterocycles. The van der Waals surface area contributed by atoms with Crippen LogP contribution in [-0.2, 0) is 25.4 Å². The third-order valence-corrected chi connectivity index (χ3v) is 4.69. The molecule has 154 valence electrons. The molecule has 2 atom stereocenters. The van der Waals surface area contributed by atoms with Gasteiger partial charge < -0.3 is 18.9 Å². The minimum atomic E-state index is -0.174. The molecule has 5 heteroatoms. The maximum Gasteiger partial charge on any atom is 0.188 e. The van der Waals surface area contributed by atoms with Gasteiger partial charge in [0, 0.05) is 32.3 Å². The normalized spacial score (nSPS) is 18.5. The van der Waals surface area contributed by atoms with Crippen molar-refractivity contribution in [3.63, 3.8) is 0 Å². The van der Waals surface area contributed by atoms with E-state index in [1.54, 1.807) is 20.3 Å². The smallest absolute Gasteiger partial charge is 0.188 e. The van der Waals surface area contributed by atoms with Crippen molar-refractivity contribution in [1.29, 1.82) is 0 Å². The van der Waals surface area contributed by atoms with Crippen LogP contribution in [0.25, 0.3) is 0 Å². The molecule has 2 rings (SSSR count). The van der Waals surface area contributed by atoms with E-state index < -0.39 is 0 Å². The fourth-order valence-corrected chi connectivity index (χ4v) is 3.47. The number of ether oxygens (including phenoxy) is 4. The lowest BCUT2D eigenvalue weighted by Gasteiger charge is -2.22. The third kappa shape index (κ3) is 6.30. The minimum Gasteiger partial charge on any atom is -0.467 e.